The predicted octanol–water partition coefficient (Wildman–Crippen LogP) is 0.563. The number of rotatable bonds is 6. The molecule has 1 saturated heterocycles. The van der Waals surface area contributed by atoms with E-state index in [2.05, 4.69) is 10.2 Å². The number of nitrogens with zero attached hydrogens (tertiary/aromatic N) is 1. The summed E-state index contributed by atoms with van der Waals surface area (Å²) in [4.78, 5) is 13.9. The Bertz CT molecular complexity index is 429. The average Bonchev–Trinajstić information content (AvgIpc) is 2.77. The van der Waals surface area contributed by atoms with Gasteiger partial charge in [0.1, 0.15) is 4.88 Å². The number of carbonyl (C=O) groups is 1. The summed E-state index contributed by atoms with van der Waals surface area (Å²) < 4.78 is 5.30. The highest BCUT2D eigenvalue weighted by molar-refractivity contribution is 7.18. The second-order valence-corrected chi connectivity index (χ2v) is 5.55. The monoisotopic (exact) mass is 284 g/mol. The lowest BCUT2D eigenvalue weighted by molar-refractivity contribution is 0.0378. The molecular formula is C12H20N4O2S. The number of morpholine rings is 1. The minimum absolute atomic E-state index is 0.427. The minimum Gasteiger partial charge on any atom is -0.397 e. The normalized spacial score (nSPS) is 16.4. The van der Waals surface area contributed by atoms with Gasteiger partial charge >= 0.3 is 0 Å². The Morgan fingerprint density at radius 3 is 2.84 bits per heavy atom. The maximum Gasteiger partial charge on any atom is 0.260 e. The third-order valence-corrected chi connectivity index (χ3v) is 4.16. The van der Waals surface area contributed by atoms with Gasteiger partial charge in [-0.25, -0.2) is 0 Å². The van der Waals surface area contributed by atoms with Crippen LogP contribution >= 0.6 is 11.3 Å². The fraction of sp³-hybridized carbons (Fsp3) is 0.583. The van der Waals surface area contributed by atoms with Crippen LogP contribution in [-0.4, -0.2) is 50.2 Å². The van der Waals surface area contributed by atoms with Gasteiger partial charge in [0.05, 0.1) is 23.9 Å². The summed E-state index contributed by atoms with van der Waals surface area (Å²) in [6.45, 7) is 5.60. The molecule has 0 atom stereocenters. The van der Waals surface area contributed by atoms with E-state index in [0.29, 0.717) is 10.6 Å². The van der Waals surface area contributed by atoms with Gasteiger partial charge < -0.3 is 21.5 Å². The third kappa shape index (κ3) is 4.09. The number of hydrogen-bond donors (Lipinski definition) is 3. The SMILES string of the molecule is NC(=O)c1sc(NCCCN2CCOCC2)cc1N. The Morgan fingerprint density at radius 2 is 2.21 bits per heavy atom. The molecule has 2 rings (SSSR count). The van der Waals surface area contributed by atoms with Gasteiger partial charge in [0.15, 0.2) is 0 Å². The van der Waals surface area contributed by atoms with Crippen LogP contribution in [0.2, 0.25) is 0 Å². The Kier molecular flexibility index (Phi) is 5.00. The molecule has 1 aromatic rings. The summed E-state index contributed by atoms with van der Waals surface area (Å²) >= 11 is 1.31. The van der Waals surface area contributed by atoms with Crippen molar-refractivity contribution >= 4 is 27.9 Å². The van der Waals surface area contributed by atoms with Crippen molar-refractivity contribution in [2.75, 3.05) is 50.4 Å². The van der Waals surface area contributed by atoms with Crippen molar-refractivity contribution in [3.63, 3.8) is 0 Å². The Morgan fingerprint density at radius 1 is 1.47 bits per heavy atom. The van der Waals surface area contributed by atoms with Gasteiger partial charge in [-0.3, -0.25) is 9.69 Å². The number of nitrogens with one attached hydrogen (secondary N) is 1. The van der Waals surface area contributed by atoms with Crippen LogP contribution in [0.15, 0.2) is 6.07 Å². The molecule has 0 spiro atoms. The third-order valence-electron chi connectivity index (χ3n) is 3.04. The molecule has 6 nitrogen and oxygen atoms in total. The second kappa shape index (κ2) is 6.74. The van der Waals surface area contributed by atoms with Crippen molar-refractivity contribution in [1.29, 1.82) is 0 Å². The Balaban J connectivity index is 1.70. The number of hydrogen-bond acceptors (Lipinski definition) is 6. The van der Waals surface area contributed by atoms with Crippen molar-refractivity contribution in [3.8, 4) is 0 Å². The van der Waals surface area contributed by atoms with Gasteiger partial charge in [-0.1, -0.05) is 0 Å². The molecule has 1 amide bonds. The quantitative estimate of drug-likeness (QED) is 0.664. The molecule has 0 unspecified atom stereocenters. The van der Waals surface area contributed by atoms with Crippen molar-refractivity contribution in [1.82, 2.24) is 4.90 Å². The summed E-state index contributed by atoms with van der Waals surface area (Å²) in [5, 5.41) is 4.17. The van der Waals surface area contributed by atoms with E-state index in [1.165, 1.54) is 11.3 Å². The van der Waals surface area contributed by atoms with Crippen molar-refractivity contribution in [3.05, 3.63) is 10.9 Å². The molecule has 5 N–H and O–H groups in total. The van der Waals surface area contributed by atoms with E-state index in [1.54, 1.807) is 6.07 Å². The van der Waals surface area contributed by atoms with E-state index in [1.807, 2.05) is 0 Å². The van der Waals surface area contributed by atoms with E-state index in [0.717, 1.165) is 50.8 Å². The number of ether oxygens (including phenoxy) is 1. The molecule has 0 aliphatic carbocycles. The molecule has 1 fully saturated rings. The topological polar surface area (TPSA) is 93.6 Å². The number of primary amides is 1. The molecule has 7 heteroatoms. The van der Waals surface area contributed by atoms with E-state index in [-0.39, 0.29) is 0 Å². The number of carbonyl (C=O) groups excluding carboxylic acids is 1. The maximum atomic E-state index is 11.1. The summed E-state index contributed by atoms with van der Waals surface area (Å²) in [6, 6.07) is 1.76. The summed E-state index contributed by atoms with van der Waals surface area (Å²) in [6.07, 6.45) is 1.05. The van der Waals surface area contributed by atoms with Crippen LogP contribution in [0, 0.1) is 0 Å². The number of thiophene rings is 1. The summed E-state index contributed by atoms with van der Waals surface area (Å²) in [7, 11) is 0. The lowest BCUT2D eigenvalue weighted by atomic mass is 10.3. The molecular weight excluding hydrogens is 264 g/mol. The lowest BCUT2D eigenvalue weighted by Crippen LogP contribution is -2.37. The predicted molar refractivity (Wildman–Crippen MR) is 77.6 cm³/mol. The first kappa shape index (κ1) is 14.1. The molecule has 19 heavy (non-hydrogen) atoms. The highest BCUT2D eigenvalue weighted by Crippen LogP contribution is 2.28. The Hall–Kier alpha value is -1.31. The first-order chi connectivity index (χ1) is 9.16. The molecule has 0 radical (unpaired) electrons. The fourth-order valence-corrected chi connectivity index (χ4v) is 2.88. The molecule has 1 aromatic heterocycles. The number of anilines is 2. The molecule has 106 valence electrons. The Labute approximate surface area is 116 Å². The van der Waals surface area contributed by atoms with Gasteiger partial charge in [-0.15, -0.1) is 11.3 Å². The molecule has 0 aromatic carbocycles. The highest BCUT2D eigenvalue weighted by atomic mass is 32.1. The van der Waals surface area contributed by atoms with Crippen LogP contribution in [0.1, 0.15) is 16.1 Å². The highest BCUT2D eigenvalue weighted by Gasteiger charge is 2.12. The average molecular weight is 284 g/mol. The smallest absolute Gasteiger partial charge is 0.260 e. The van der Waals surface area contributed by atoms with Crippen LogP contribution in [0.25, 0.3) is 0 Å². The van der Waals surface area contributed by atoms with Crippen LogP contribution in [0.3, 0.4) is 0 Å². The fourth-order valence-electron chi connectivity index (χ4n) is 2.02. The first-order valence-electron chi connectivity index (χ1n) is 6.40. The molecule has 2 heterocycles. The zero-order chi connectivity index (χ0) is 13.7. The van der Waals surface area contributed by atoms with Gasteiger partial charge in [-0.2, -0.15) is 0 Å². The van der Waals surface area contributed by atoms with E-state index in [9.17, 15) is 4.79 Å². The zero-order valence-electron chi connectivity index (χ0n) is 10.9. The van der Waals surface area contributed by atoms with Crippen LogP contribution in [0.4, 0.5) is 10.7 Å². The summed E-state index contributed by atoms with van der Waals surface area (Å²) in [5.41, 5.74) is 11.4. The number of nitrogens with two attached hydrogens (primary N) is 2. The van der Waals surface area contributed by atoms with Crippen molar-refractivity contribution < 1.29 is 9.53 Å². The van der Waals surface area contributed by atoms with E-state index in [4.69, 9.17) is 16.2 Å². The van der Waals surface area contributed by atoms with Crippen molar-refractivity contribution in [2.45, 2.75) is 6.42 Å². The van der Waals surface area contributed by atoms with Gasteiger partial charge in [0.25, 0.3) is 5.91 Å². The van der Waals surface area contributed by atoms with Crippen molar-refractivity contribution in [2.24, 2.45) is 5.73 Å². The van der Waals surface area contributed by atoms with Gasteiger partial charge in [-0.05, 0) is 19.0 Å². The maximum absolute atomic E-state index is 11.1. The standard InChI is InChI=1S/C12H20N4O2S/c13-9-8-10(19-11(9)12(14)17)15-2-1-3-16-4-6-18-7-5-16/h8,15H,1-7,13H2,(H2,14,17). The number of amides is 1. The second-order valence-electron chi connectivity index (χ2n) is 4.49. The molecule has 0 bridgehead atoms. The zero-order valence-corrected chi connectivity index (χ0v) is 11.7. The van der Waals surface area contributed by atoms with Crippen LogP contribution in [-0.2, 0) is 4.74 Å². The minimum atomic E-state index is -0.469. The van der Waals surface area contributed by atoms with Gasteiger partial charge in [0, 0.05) is 19.6 Å². The van der Waals surface area contributed by atoms with E-state index < -0.39 is 5.91 Å². The van der Waals surface area contributed by atoms with Crippen LogP contribution in [0.5, 0.6) is 0 Å². The van der Waals surface area contributed by atoms with E-state index >= 15 is 0 Å². The van der Waals surface area contributed by atoms with Crippen LogP contribution < -0.4 is 16.8 Å². The first-order valence-corrected chi connectivity index (χ1v) is 7.21. The molecule has 0 saturated carbocycles. The number of nitrogen functional groups attached to an aromatic ring is 1. The molecule has 1 aliphatic heterocycles. The lowest BCUT2D eigenvalue weighted by Gasteiger charge is -2.26. The summed E-state index contributed by atoms with van der Waals surface area (Å²) in [5.74, 6) is -0.469. The molecule has 1 aliphatic rings. The van der Waals surface area contributed by atoms with Gasteiger partial charge in [0.2, 0.25) is 0 Å². The largest absolute Gasteiger partial charge is 0.397 e.